The van der Waals surface area contributed by atoms with Crippen LogP contribution in [0.25, 0.3) is 10.4 Å². The SMILES string of the molecule is CCOC(=O)C(NCCN=[N+]=[N-])C(C)C. The molecule has 0 aromatic carbocycles. The number of carbonyl (C=O) groups excluding carboxylic acids is 1. The van der Waals surface area contributed by atoms with Gasteiger partial charge in [0.2, 0.25) is 0 Å². The fourth-order valence-electron chi connectivity index (χ4n) is 1.14. The van der Waals surface area contributed by atoms with Crippen LogP contribution in [0.3, 0.4) is 0 Å². The van der Waals surface area contributed by atoms with E-state index in [9.17, 15) is 4.79 Å². The maximum atomic E-state index is 11.5. The first kappa shape index (κ1) is 13.7. The molecule has 1 unspecified atom stereocenters. The van der Waals surface area contributed by atoms with Gasteiger partial charge in [-0.05, 0) is 18.4 Å². The average molecular weight is 214 g/mol. The summed E-state index contributed by atoms with van der Waals surface area (Å²) in [5.74, 6) is -0.108. The van der Waals surface area contributed by atoms with Crippen LogP contribution in [-0.2, 0) is 9.53 Å². The predicted molar refractivity (Wildman–Crippen MR) is 57.3 cm³/mol. The van der Waals surface area contributed by atoms with Gasteiger partial charge in [-0.25, -0.2) is 0 Å². The minimum atomic E-state index is -0.334. The summed E-state index contributed by atoms with van der Waals surface area (Å²) in [4.78, 5) is 14.1. The lowest BCUT2D eigenvalue weighted by molar-refractivity contribution is -0.146. The largest absolute Gasteiger partial charge is 0.465 e. The average Bonchev–Trinajstić information content (AvgIpc) is 2.17. The van der Waals surface area contributed by atoms with Crippen LogP contribution in [-0.4, -0.2) is 31.7 Å². The highest BCUT2D eigenvalue weighted by Crippen LogP contribution is 2.03. The van der Waals surface area contributed by atoms with Gasteiger partial charge in [0.1, 0.15) is 6.04 Å². The van der Waals surface area contributed by atoms with Crippen molar-refractivity contribution in [2.45, 2.75) is 26.8 Å². The number of rotatable bonds is 7. The van der Waals surface area contributed by atoms with Crippen LogP contribution >= 0.6 is 0 Å². The summed E-state index contributed by atoms with van der Waals surface area (Å²) >= 11 is 0. The Labute approximate surface area is 89.6 Å². The second-order valence-electron chi connectivity index (χ2n) is 3.38. The van der Waals surface area contributed by atoms with Crippen LogP contribution in [0.15, 0.2) is 5.11 Å². The molecule has 1 N–H and O–H groups in total. The van der Waals surface area contributed by atoms with E-state index in [0.717, 1.165) is 0 Å². The van der Waals surface area contributed by atoms with Gasteiger partial charge in [0.05, 0.1) is 6.61 Å². The molecule has 0 bridgehead atoms. The molecule has 0 aliphatic rings. The maximum absolute atomic E-state index is 11.5. The lowest BCUT2D eigenvalue weighted by Crippen LogP contribution is -2.43. The van der Waals surface area contributed by atoms with E-state index < -0.39 is 0 Å². The Morgan fingerprint density at radius 3 is 2.73 bits per heavy atom. The summed E-state index contributed by atoms with van der Waals surface area (Å²) in [7, 11) is 0. The molecule has 86 valence electrons. The van der Waals surface area contributed by atoms with Crippen LogP contribution in [0.2, 0.25) is 0 Å². The van der Waals surface area contributed by atoms with Crippen molar-refractivity contribution in [2.24, 2.45) is 11.0 Å². The molecule has 0 rings (SSSR count). The second-order valence-corrected chi connectivity index (χ2v) is 3.38. The summed E-state index contributed by atoms with van der Waals surface area (Å²) in [6, 6.07) is -0.334. The highest BCUT2D eigenvalue weighted by Gasteiger charge is 2.22. The van der Waals surface area contributed by atoms with Gasteiger partial charge in [-0.15, -0.1) is 0 Å². The Morgan fingerprint density at radius 2 is 2.27 bits per heavy atom. The molecule has 0 fully saturated rings. The zero-order valence-electron chi connectivity index (χ0n) is 9.43. The van der Waals surface area contributed by atoms with E-state index in [2.05, 4.69) is 15.3 Å². The minimum absolute atomic E-state index is 0.148. The van der Waals surface area contributed by atoms with Crippen molar-refractivity contribution < 1.29 is 9.53 Å². The fraction of sp³-hybridized carbons (Fsp3) is 0.889. The van der Waals surface area contributed by atoms with Crippen LogP contribution < -0.4 is 5.32 Å². The number of hydrogen-bond donors (Lipinski definition) is 1. The molecule has 6 nitrogen and oxygen atoms in total. The van der Waals surface area contributed by atoms with Crippen LogP contribution in [0.4, 0.5) is 0 Å². The molecular weight excluding hydrogens is 196 g/mol. The normalized spacial score (nSPS) is 12.0. The van der Waals surface area contributed by atoms with Gasteiger partial charge < -0.3 is 10.1 Å². The van der Waals surface area contributed by atoms with Gasteiger partial charge in [-0.3, -0.25) is 4.79 Å². The molecule has 0 amide bonds. The monoisotopic (exact) mass is 214 g/mol. The highest BCUT2D eigenvalue weighted by atomic mass is 16.5. The maximum Gasteiger partial charge on any atom is 0.323 e. The van der Waals surface area contributed by atoms with E-state index in [0.29, 0.717) is 19.7 Å². The smallest absolute Gasteiger partial charge is 0.323 e. The summed E-state index contributed by atoms with van der Waals surface area (Å²) in [5.41, 5.74) is 8.07. The minimum Gasteiger partial charge on any atom is -0.465 e. The Balaban J connectivity index is 4.04. The summed E-state index contributed by atoms with van der Waals surface area (Å²) in [6.07, 6.45) is 0. The van der Waals surface area contributed by atoms with E-state index in [1.807, 2.05) is 13.8 Å². The van der Waals surface area contributed by atoms with E-state index >= 15 is 0 Å². The fourth-order valence-corrected chi connectivity index (χ4v) is 1.14. The Morgan fingerprint density at radius 1 is 1.60 bits per heavy atom. The number of carbonyl (C=O) groups is 1. The number of azide groups is 1. The second kappa shape index (κ2) is 8.08. The van der Waals surface area contributed by atoms with E-state index in [1.54, 1.807) is 6.92 Å². The molecule has 1 atom stereocenters. The van der Waals surface area contributed by atoms with Crippen molar-refractivity contribution in [1.82, 2.24) is 5.32 Å². The molecule has 0 aliphatic carbocycles. The van der Waals surface area contributed by atoms with Gasteiger partial charge in [-0.1, -0.05) is 19.0 Å². The first-order chi connectivity index (χ1) is 7.13. The Hall–Kier alpha value is -1.26. The quantitative estimate of drug-likeness (QED) is 0.229. The zero-order valence-corrected chi connectivity index (χ0v) is 9.43. The standard InChI is InChI=1S/C9H18N4O2/c1-4-15-9(14)8(7(2)3)11-5-6-12-13-10/h7-8,11H,4-6H2,1-3H3. The van der Waals surface area contributed by atoms with Gasteiger partial charge in [0.15, 0.2) is 0 Å². The van der Waals surface area contributed by atoms with Crippen LogP contribution in [0.1, 0.15) is 20.8 Å². The predicted octanol–water partition coefficient (Wildman–Crippen LogP) is 1.47. The van der Waals surface area contributed by atoms with Crippen molar-refractivity contribution in [2.75, 3.05) is 19.7 Å². The molecule has 0 saturated carbocycles. The number of nitrogens with one attached hydrogen (secondary N) is 1. The third-order valence-corrected chi connectivity index (χ3v) is 1.85. The highest BCUT2D eigenvalue weighted by molar-refractivity contribution is 5.76. The van der Waals surface area contributed by atoms with Gasteiger partial charge in [-0.2, -0.15) is 0 Å². The number of hydrogen-bond acceptors (Lipinski definition) is 4. The number of ether oxygens (including phenoxy) is 1. The first-order valence-electron chi connectivity index (χ1n) is 5.04. The van der Waals surface area contributed by atoms with Crippen molar-refractivity contribution in [3.63, 3.8) is 0 Å². The molecule has 0 aromatic heterocycles. The summed E-state index contributed by atoms with van der Waals surface area (Å²) < 4.78 is 4.92. The lowest BCUT2D eigenvalue weighted by Gasteiger charge is -2.19. The van der Waals surface area contributed by atoms with Crippen molar-refractivity contribution in [3.05, 3.63) is 10.4 Å². The first-order valence-corrected chi connectivity index (χ1v) is 5.04. The van der Waals surface area contributed by atoms with Gasteiger partial charge in [0, 0.05) is 18.0 Å². The Kier molecular flexibility index (Phi) is 7.40. The topological polar surface area (TPSA) is 87.1 Å². The van der Waals surface area contributed by atoms with Gasteiger partial charge in [0.25, 0.3) is 0 Å². The number of nitrogens with zero attached hydrogens (tertiary/aromatic N) is 3. The molecule has 0 saturated heterocycles. The van der Waals surface area contributed by atoms with Crippen LogP contribution in [0, 0.1) is 5.92 Å². The van der Waals surface area contributed by atoms with Gasteiger partial charge >= 0.3 is 5.97 Å². The lowest BCUT2D eigenvalue weighted by atomic mass is 10.0. The molecular formula is C9H18N4O2. The van der Waals surface area contributed by atoms with E-state index in [-0.39, 0.29) is 17.9 Å². The molecule has 0 aromatic rings. The summed E-state index contributed by atoms with van der Waals surface area (Å²) in [5, 5.41) is 6.37. The molecule has 0 heterocycles. The van der Waals surface area contributed by atoms with E-state index in [1.165, 1.54) is 0 Å². The molecule has 0 spiro atoms. The van der Waals surface area contributed by atoms with Crippen molar-refractivity contribution in [3.8, 4) is 0 Å². The van der Waals surface area contributed by atoms with Crippen molar-refractivity contribution >= 4 is 5.97 Å². The zero-order chi connectivity index (χ0) is 11.7. The van der Waals surface area contributed by atoms with E-state index in [4.69, 9.17) is 10.3 Å². The third kappa shape index (κ3) is 5.93. The molecule has 0 radical (unpaired) electrons. The van der Waals surface area contributed by atoms with Crippen molar-refractivity contribution in [1.29, 1.82) is 0 Å². The third-order valence-electron chi connectivity index (χ3n) is 1.85. The Bertz CT molecular complexity index is 236. The summed E-state index contributed by atoms with van der Waals surface area (Å²) in [6.45, 7) is 6.82. The number of esters is 1. The molecule has 15 heavy (non-hydrogen) atoms. The van der Waals surface area contributed by atoms with Crippen LogP contribution in [0.5, 0.6) is 0 Å². The molecule has 6 heteroatoms. The molecule has 0 aliphatic heterocycles.